The van der Waals surface area contributed by atoms with Gasteiger partial charge < -0.3 is 19.9 Å². The van der Waals surface area contributed by atoms with Crippen molar-refractivity contribution in [2.45, 2.75) is 89.3 Å². The van der Waals surface area contributed by atoms with Crippen molar-refractivity contribution in [2.24, 2.45) is 0 Å². The summed E-state index contributed by atoms with van der Waals surface area (Å²) >= 11 is 0. The SMILES string of the molecule is CCC[C@H](C)Nc1ncc2c(C3CCN(C(=O)c4cnccn4)CC3)cn([C@H]3CC[C@H](O)CC3)c2n1. The van der Waals surface area contributed by atoms with E-state index in [9.17, 15) is 9.90 Å². The van der Waals surface area contributed by atoms with Crippen molar-refractivity contribution in [3.05, 3.63) is 42.2 Å². The number of carbonyl (C=O) groups is 1. The fourth-order valence-electron chi connectivity index (χ4n) is 5.75. The maximum atomic E-state index is 12.8. The van der Waals surface area contributed by atoms with Crippen LogP contribution < -0.4 is 5.32 Å². The molecule has 1 aliphatic heterocycles. The van der Waals surface area contributed by atoms with Crippen LogP contribution in [0.1, 0.15) is 93.2 Å². The van der Waals surface area contributed by atoms with Crippen LogP contribution in [0.15, 0.2) is 31.0 Å². The molecule has 1 atom stereocenters. The Bertz CT molecular complexity index is 1170. The highest BCUT2D eigenvalue weighted by atomic mass is 16.3. The molecule has 3 aromatic heterocycles. The van der Waals surface area contributed by atoms with Gasteiger partial charge in [0, 0.05) is 55.3 Å². The Hall–Kier alpha value is -3.07. The van der Waals surface area contributed by atoms with Gasteiger partial charge in [-0.1, -0.05) is 13.3 Å². The van der Waals surface area contributed by atoms with Crippen molar-refractivity contribution in [3.63, 3.8) is 0 Å². The van der Waals surface area contributed by atoms with Crippen molar-refractivity contribution in [1.82, 2.24) is 29.4 Å². The van der Waals surface area contributed by atoms with Crippen molar-refractivity contribution in [1.29, 1.82) is 0 Å². The number of aliphatic hydroxyl groups is 1. The van der Waals surface area contributed by atoms with Gasteiger partial charge in [-0.3, -0.25) is 9.78 Å². The lowest BCUT2D eigenvalue weighted by molar-refractivity contribution is 0.0706. The smallest absolute Gasteiger partial charge is 0.274 e. The summed E-state index contributed by atoms with van der Waals surface area (Å²) in [6.07, 6.45) is 16.3. The lowest BCUT2D eigenvalue weighted by Gasteiger charge is -2.31. The minimum Gasteiger partial charge on any atom is -0.393 e. The predicted octanol–water partition coefficient (Wildman–Crippen LogP) is 4.32. The van der Waals surface area contributed by atoms with Gasteiger partial charge in [-0.05, 0) is 63.4 Å². The summed E-state index contributed by atoms with van der Waals surface area (Å²) in [5, 5.41) is 14.6. The van der Waals surface area contributed by atoms with E-state index < -0.39 is 0 Å². The molecule has 4 heterocycles. The van der Waals surface area contributed by atoms with Crippen LogP contribution in [0.5, 0.6) is 0 Å². The molecule has 3 aromatic rings. The van der Waals surface area contributed by atoms with E-state index in [4.69, 9.17) is 4.98 Å². The highest BCUT2D eigenvalue weighted by molar-refractivity contribution is 5.92. The van der Waals surface area contributed by atoms with E-state index in [0.29, 0.717) is 42.7 Å². The minimum atomic E-state index is -0.194. The zero-order valence-electron chi connectivity index (χ0n) is 21.3. The van der Waals surface area contributed by atoms with Crippen LogP contribution in [-0.4, -0.2) is 65.7 Å². The van der Waals surface area contributed by atoms with E-state index in [0.717, 1.165) is 62.4 Å². The fourth-order valence-corrected chi connectivity index (χ4v) is 5.75. The Balaban J connectivity index is 1.39. The molecule has 1 saturated heterocycles. The molecule has 2 aliphatic rings. The Morgan fingerprint density at radius 2 is 1.89 bits per heavy atom. The third-order valence-electron chi connectivity index (χ3n) is 7.76. The molecule has 5 rings (SSSR count). The summed E-state index contributed by atoms with van der Waals surface area (Å²) in [6.45, 7) is 5.73. The molecule has 1 saturated carbocycles. The van der Waals surface area contributed by atoms with Crippen LogP contribution in [0.25, 0.3) is 11.0 Å². The number of hydrogen-bond acceptors (Lipinski definition) is 7. The van der Waals surface area contributed by atoms with Crippen LogP contribution in [0.2, 0.25) is 0 Å². The minimum absolute atomic E-state index is 0.0509. The number of carbonyl (C=O) groups excluding carboxylic acids is 1. The second-order valence-electron chi connectivity index (χ2n) is 10.4. The Kier molecular flexibility index (Phi) is 7.46. The Morgan fingerprint density at radius 1 is 1.11 bits per heavy atom. The van der Waals surface area contributed by atoms with E-state index in [2.05, 4.69) is 44.9 Å². The number of anilines is 1. The molecule has 36 heavy (non-hydrogen) atoms. The van der Waals surface area contributed by atoms with Crippen LogP contribution in [0.4, 0.5) is 5.95 Å². The Labute approximate surface area is 212 Å². The molecule has 9 heteroatoms. The average molecular weight is 492 g/mol. The molecule has 192 valence electrons. The second kappa shape index (κ2) is 10.9. The van der Waals surface area contributed by atoms with E-state index in [1.54, 1.807) is 12.4 Å². The summed E-state index contributed by atoms with van der Waals surface area (Å²) in [6, 6.07) is 0.648. The molecule has 2 fully saturated rings. The number of fused-ring (bicyclic) bond motifs is 1. The molecule has 9 nitrogen and oxygen atoms in total. The van der Waals surface area contributed by atoms with Gasteiger partial charge in [-0.25, -0.2) is 9.97 Å². The highest BCUT2D eigenvalue weighted by Gasteiger charge is 2.30. The van der Waals surface area contributed by atoms with Gasteiger partial charge in [-0.2, -0.15) is 4.98 Å². The largest absolute Gasteiger partial charge is 0.393 e. The number of nitrogens with zero attached hydrogens (tertiary/aromatic N) is 6. The van der Waals surface area contributed by atoms with Gasteiger partial charge in [0.1, 0.15) is 11.3 Å². The molecule has 2 N–H and O–H groups in total. The highest BCUT2D eigenvalue weighted by Crippen LogP contribution is 2.38. The molecule has 0 bridgehead atoms. The average Bonchev–Trinajstić information content (AvgIpc) is 3.28. The Morgan fingerprint density at radius 3 is 2.58 bits per heavy atom. The van der Waals surface area contributed by atoms with Crippen molar-refractivity contribution >= 4 is 22.9 Å². The predicted molar refractivity (Wildman–Crippen MR) is 139 cm³/mol. The van der Waals surface area contributed by atoms with Crippen molar-refractivity contribution in [2.75, 3.05) is 18.4 Å². The number of hydrogen-bond donors (Lipinski definition) is 2. The van der Waals surface area contributed by atoms with E-state index in [-0.39, 0.29) is 12.0 Å². The van der Waals surface area contributed by atoms with Crippen LogP contribution >= 0.6 is 0 Å². The zero-order chi connectivity index (χ0) is 25.1. The lowest BCUT2D eigenvalue weighted by Crippen LogP contribution is -2.38. The standard InChI is InChI=1S/C27H37N7O2/c1-3-4-18(2)31-27-30-15-22-23(17-34(25(22)32-27)20-5-7-21(35)8-6-20)19-9-13-33(14-10-19)26(36)24-16-28-11-12-29-24/h11-12,15-21,35H,3-10,13-14H2,1-2H3,(H,30,31,32)/t18-,20-,21-/m0/s1. The first-order valence-corrected chi connectivity index (χ1v) is 13.4. The first-order chi connectivity index (χ1) is 17.5. The molecule has 0 spiro atoms. The van der Waals surface area contributed by atoms with Gasteiger partial charge >= 0.3 is 0 Å². The third-order valence-corrected chi connectivity index (χ3v) is 7.76. The zero-order valence-corrected chi connectivity index (χ0v) is 21.3. The van der Waals surface area contributed by atoms with Crippen LogP contribution in [-0.2, 0) is 0 Å². The van der Waals surface area contributed by atoms with Crippen molar-refractivity contribution < 1.29 is 9.90 Å². The van der Waals surface area contributed by atoms with Crippen LogP contribution in [0.3, 0.4) is 0 Å². The normalized spacial score (nSPS) is 22.0. The number of likely N-dealkylation sites (tertiary alicyclic amines) is 1. The number of piperidine rings is 1. The number of nitrogens with one attached hydrogen (secondary N) is 1. The van der Waals surface area contributed by atoms with Gasteiger partial charge in [0.25, 0.3) is 5.91 Å². The van der Waals surface area contributed by atoms with Gasteiger partial charge in [0.15, 0.2) is 0 Å². The number of aromatic nitrogens is 5. The number of rotatable bonds is 7. The molecule has 0 aromatic carbocycles. The van der Waals surface area contributed by atoms with E-state index >= 15 is 0 Å². The number of amides is 1. The van der Waals surface area contributed by atoms with Gasteiger partial charge in [-0.15, -0.1) is 0 Å². The lowest BCUT2D eigenvalue weighted by atomic mass is 9.89. The third kappa shape index (κ3) is 5.21. The molecular weight excluding hydrogens is 454 g/mol. The maximum absolute atomic E-state index is 12.8. The molecule has 1 aliphatic carbocycles. The monoisotopic (exact) mass is 491 g/mol. The topological polar surface area (TPSA) is 109 Å². The summed E-state index contributed by atoms with van der Waals surface area (Å²) in [5.41, 5.74) is 2.65. The first-order valence-electron chi connectivity index (χ1n) is 13.4. The quantitative estimate of drug-likeness (QED) is 0.507. The molecular formula is C27H37N7O2. The van der Waals surface area contributed by atoms with Gasteiger partial charge in [0.05, 0.1) is 12.3 Å². The first kappa shape index (κ1) is 24.6. The summed E-state index contributed by atoms with van der Waals surface area (Å²) in [5.74, 6) is 0.967. The fraction of sp³-hybridized carbons (Fsp3) is 0.593. The maximum Gasteiger partial charge on any atom is 0.274 e. The summed E-state index contributed by atoms with van der Waals surface area (Å²) < 4.78 is 2.34. The second-order valence-corrected chi connectivity index (χ2v) is 10.4. The summed E-state index contributed by atoms with van der Waals surface area (Å²) in [4.78, 5) is 32.6. The van der Waals surface area contributed by atoms with Crippen LogP contribution in [0, 0.1) is 0 Å². The summed E-state index contributed by atoms with van der Waals surface area (Å²) in [7, 11) is 0. The van der Waals surface area contributed by atoms with Crippen molar-refractivity contribution in [3.8, 4) is 0 Å². The van der Waals surface area contributed by atoms with E-state index in [1.165, 1.54) is 11.8 Å². The molecule has 0 radical (unpaired) electrons. The number of aliphatic hydroxyl groups excluding tert-OH is 1. The van der Waals surface area contributed by atoms with Gasteiger partial charge in [0.2, 0.25) is 5.95 Å². The van der Waals surface area contributed by atoms with E-state index in [1.807, 2.05) is 11.1 Å². The molecule has 0 unspecified atom stereocenters. The molecule has 1 amide bonds.